The normalized spacial score (nSPS) is 17.5. The van der Waals surface area contributed by atoms with Crippen molar-refractivity contribution in [1.82, 2.24) is 19.0 Å². The molecule has 9 heteroatoms. The fourth-order valence-corrected chi connectivity index (χ4v) is 5.20. The molecular formula is C20H22N4O4S. The predicted octanol–water partition coefficient (Wildman–Crippen LogP) is 1.81. The van der Waals surface area contributed by atoms with E-state index in [4.69, 9.17) is 4.74 Å². The van der Waals surface area contributed by atoms with Crippen molar-refractivity contribution in [3.8, 4) is 5.75 Å². The third-order valence-corrected chi connectivity index (χ3v) is 6.95. The van der Waals surface area contributed by atoms with Crippen LogP contribution in [0.1, 0.15) is 18.5 Å². The van der Waals surface area contributed by atoms with Gasteiger partial charge in [0.2, 0.25) is 15.9 Å². The van der Waals surface area contributed by atoms with Gasteiger partial charge in [0, 0.05) is 18.9 Å². The molecule has 1 atom stereocenters. The highest BCUT2D eigenvalue weighted by molar-refractivity contribution is 7.89. The summed E-state index contributed by atoms with van der Waals surface area (Å²) in [6, 6.07) is 11.1. The van der Waals surface area contributed by atoms with Gasteiger partial charge in [0.05, 0.1) is 24.2 Å². The van der Waals surface area contributed by atoms with Gasteiger partial charge in [-0.05, 0) is 49.2 Å². The summed E-state index contributed by atoms with van der Waals surface area (Å²) in [6.07, 6.45) is 4.86. The maximum Gasteiger partial charge on any atom is 0.243 e. The molecule has 1 aliphatic rings. The number of methoxy groups -OCH3 is 1. The van der Waals surface area contributed by atoms with Gasteiger partial charge in [-0.2, -0.15) is 4.31 Å². The third kappa shape index (κ3) is 3.83. The zero-order valence-corrected chi connectivity index (χ0v) is 16.8. The van der Waals surface area contributed by atoms with Crippen molar-refractivity contribution in [1.29, 1.82) is 0 Å². The zero-order valence-electron chi connectivity index (χ0n) is 16.0. The minimum atomic E-state index is -3.76. The Labute approximate surface area is 169 Å². The molecule has 1 N–H and O–H groups in total. The first-order valence-electron chi connectivity index (χ1n) is 9.35. The van der Waals surface area contributed by atoms with Crippen LogP contribution in [0.15, 0.2) is 59.8 Å². The third-order valence-electron chi connectivity index (χ3n) is 5.03. The number of imidazole rings is 1. The number of aromatic nitrogens is 2. The van der Waals surface area contributed by atoms with E-state index in [2.05, 4.69) is 10.3 Å². The van der Waals surface area contributed by atoms with E-state index in [-0.39, 0.29) is 17.3 Å². The number of hydrogen-bond donors (Lipinski definition) is 1. The Balaban J connectivity index is 1.47. The standard InChI is InChI=1S/C20H22N4O4S/c1-28-16-7-9-17(10-8-16)29(26,27)24-12-4-5-18(24)20(25)21-13-15-14-23-11-3-2-6-19(23)22-15/h2-3,6-11,14,18H,4-5,12-13H2,1H3,(H,21,25)/t18-/m0/s1. The molecule has 4 rings (SSSR count). The van der Waals surface area contributed by atoms with Crippen molar-refractivity contribution in [2.24, 2.45) is 0 Å². The Morgan fingerprint density at radius 1 is 1.24 bits per heavy atom. The number of ether oxygens (including phenoxy) is 1. The number of nitrogens with one attached hydrogen (secondary N) is 1. The molecule has 1 fully saturated rings. The maximum atomic E-state index is 13.0. The first-order chi connectivity index (χ1) is 14.0. The molecule has 1 aromatic carbocycles. The number of amides is 1. The summed E-state index contributed by atoms with van der Waals surface area (Å²) in [5.41, 5.74) is 1.51. The van der Waals surface area contributed by atoms with Crippen LogP contribution in [0.25, 0.3) is 5.65 Å². The molecule has 0 radical (unpaired) electrons. The fourth-order valence-electron chi connectivity index (χ4n) is 3.54. The Hall–Kier alpha value is -2.91. The second kappa shape index (κ2) is 7.84. The van der Waals surface area contributed by atoms with Crippen molar-refractivity contribution in [2.45, 2.75) is 30.3 Å². The highest BCUT2D eigenvalue weighted by Crippen LogP contribution is 2.27. The van der Waals surface area contributed by atoms with Crippen LogP contribution in [0.2, 0.25) is 0 Å². The molecule has 0 spiro atoms. The molecule has 0 aliphatic carbocycles. The van der Waals surface area contributed by atoms with Crippen LogP contribution in [-0.2, 0) is 21.4 Å². The van der Waals surface area contributed by atoms with Crippen LogP contribution in [0.5, 0.6) is 5.75 Å². The number of benzene rings is 1. The Kier molecular flexibility index (Phi) is 5.25. The predicted molar refractivity (Wildman–Crippen MR) is 107 cm³/mol. The van der Waals surface area contributed by atoms with Crippen LogP contribution in [0, 0.1) is 0 Å². The minimum absolute atomic E-state index is 0.151. The zero-order chi connectivity index (χ0) is 20.4. The summed E-state index contributed by atoms with van der Waals surface area (Å²) in [5, 5.41) is 2.83. The van der Waals surface area contributed by atoms with Gasteiger partial charge in [-0.15, -0.1) is 0 Å². The highest BCUT2D eigenvalue weighted by Gasteiger charge is 2.39. The summed E-state index contributed by atoms with van der Waals surface area (Å²) in [6.45, 7) is 0.564. The molecular weight excluding hydrogens is 392 g/mol. The van der Waals surface area contributed by atoms with Gasteiger partial charge < -0.3 is 14.5 Å². The average Bonchev–Trinajstić information content (AvgIpc) is 3.39. The number of fused-ring (bicyclic) bond motifs is 1. The van der Waals surface area contributed by atoms with E-state index in [1.807, 2.05) is 35.0 Å². The number of pyridine rings is 1. The van der Waals surface area contributed by atoms with E-state index in [1.165, 1.54) is 23.5 Å². The Morgan fingerprint density at radius 3 is 2.76 bits per heavy atom. The quantitative estimate of drug-likeness (QED) is 0.664. The topological polar surface area (TPSA) is 93.0 Å². The van der Waals surface area contributed by atoms with E-state index in [9.17, 15) is 13.2 Å². The second-order valence-corrected chi connectivity index (χ2v) is 8.76. The molecule has 29 heavy (non-hydrogen) atoms. The molecule has 3 aromatic rings. The molecule has 1 saturated heterocycles. The molecule has 152 valence electrons. The second-order valence-electron chi connectivity index (χ2n) is 6.87. The summed E-state index contributed by atoms with van der Waals surface area (Å²) < 4.78 is 34.3. The number of nitrogens with zero attached hydrogens (tertiary/aromatic N) is 3. The minimum Gasteiger partial charge on any atom is -0.497 e. The SMILES string of the molecule is COc1ccc(S(=O)(=O)N2CCC[C@H]2C(=O)NCc2cn3ccccc3n2)cc1. The molecule has 0 unspecified atom stereocenters. The maximum absolute atomic E-state index is 13.0. The summed E-state index contributed by atoms with van der Waals surface area (Å²) >= 11 is 0. The van der Waals surface area contributed by atoms with Gasteiger partial charge in [-0.1, -0.05) is 6.07 Å². The first kappa shape index (κ1) is 19.4. The number of rotatable bonds is 6. The number of sulfonamides is 1. The van der Waals surface area contributed by atoms with E-state index >= 15 is 0 Å². The molecule has 1 amide bonds. The van der Waals surface area contributed by atoms with Crippen LogP contribution in [0.3, 0.4) is 0 Å². The van der Waals surface area contributed by atoms with Gasteiger partial charge in [-0.3, -0.25) is 4.79 Å². The van der Waals surface area contributed by atoms with E-state index in [1.54, 1.807) is 12.1 Å². The molecule has 8 nitrogen and oxygen atoms in total. The van der Waals surface area contributed by atoms with Crippen LogP contribution < -0.4 is 10.1 Å². The lowest BCUT2D eigenvalue weighted by molar-refractivity contribution is -0.124. The molecule has 2 aromatic heterocycles. The smallest absolute Gasteiger partial charge is 0.243 e. The van der Waals surface area contributed by atoms with Crippen LogP contribution in [0.4, 0.5) is 0 Å². The number of hydrogen-bond acceptors (Lipinski definition) is 5. The van der Waals surface area contributed by atoms with Crippen LogP contribution in [-0.4, -0.2) is 47.7 Å². The van der Waals surface area contributed by atoms with Gasteiger partial charge >= 0.3 is 0 Å². The fraction of sp³-hybridized carbons (Fsp3) is 0.300. The first-order valence-corrected chi connectivity index (χ1v) is 10.8. The van der Waals surface area contributed by atoms with Crippen molar-refractivity contribution in [3.05, 3.63) is 60.6 Å². The summed E-state index contributed by atoms with van der Waals surface area (Å²) in [4.78, 5) is 17.3. The lowest BCUT2D eigenvalue weighted by Gasteiger charge is -2.23. The van der Waals surface area contributed by atoms with Crippen molar-refractivity contribution < 1.29 is 17.9 Å². The van der Waals surface area contributed by atoms with E-state index in [0.29, 0.717) is 30.8 Å². The Morgan fingerprint density at radius 2 is 2.03 bits per heavy atom. The number of carbonyl (C=O) groups excluding carboxylic acids is 1. The molecule has 0 saturated carbocycles. The Bertz CT molecular complexity index is 1090. The van der Waals surface area contributed by atoms with Gasteiger partial charge in [0.15, 0.2) is 0 Å². The highest BCUT2D eigenvalue weighted by atomic mass is 32.2. The largest absolute Gasteiger partial charge is 0.497 e. The van der Waals surface area contributed by atoms with Crippen molar-refractivity contribution >= 4 is 21.6 Å². The molecule has 1 aliphatic heterocycles. The van der Waals surface area contributed by atoms with Crippen LogP contribution >= 0.6 is 0 Å². The van der Waals surface area contributed by atoms with Crippen molar-refractivity contribution in [3.63, 3.8) is 0 Å². The molecule has 3 heterocycles. The van der Waals surface area contributed by atoms with Crippen molar-refractivity contribution in [2.75, 3.05) is 13.7 Å². The monoisotopic (exact) mass is 414 g/mol. The van der Waals surface area contributed by atoms with E-state index < -0.39 is 16.1 Å². The lowest BCUT2D eigenvalue weighted by Crippen LogP contribution is -2.45. The summed E-state index contributed by atoms with van der Waals surface area (Å²) in [5.74, 6) is 0.267. The number of carbonyl (C=O) groups is 1. The molecule has 0 bridgehead atoms. The lowest BCUT2D eigenvalue weighted by atomic mass is 10.2. The summed E-state index contributed by atoms with van der Waals surface area (Å²) in [7, 11) is -2.24. The van der Waals surface area contributed by atoms with Gasteiger partial charge in [0.25, 0.3) is 0 Å². The average molecular weight is 414 g/mol. The van der Waals surface area contributed by atoms with Gasteiger partial charge in [0.1, 0.15) is 17.4 Å². The van der Waals surface area contributed by atoms with Gasteiger partial charge in [-0.25, -0.2) is 13.4 Å². The van der Waals surface area contributed by atoms with E-state index in [0.717, 1.165) is 5.65 Å².